The highest BCUT2D eigenvalue weighted by Gasteiger charge is 1.99. The number of H-pyrrole nitrogens is 1. The molecule has 2 N–H and O–H groups in total. The number of aromatic nitrogens is 3. The molecule has 0 aliphatic rings. The van der Waals surface area contributed by atoms with Gasteiger partial charge in [-0.05, 0) is 36.3 Å². The third kappa shape index (κ3) is 5.57. The number of nitrogens with one attached hydrogen (secondary N) is 2. The SMILES string of the molecule is O=C(C=Cc1cc(Cl)cc(Cl)c1)NCCCc1ncn[nH]1. The normalized spacial score (nSPS) is 11.0. The molecule has 0 fully saturated rings. The summed E-state index contributed by atoms with van der Waals surface area (Å²) in [4.78, 5) is 15.7. The average molecular weight is 325 g/mol. The number of aromatic amines is 1. The molecule has 0 saturated heterocycles. The van der Waals surface area contributed by atoms with Gasteiger partial charge < -0.3 is 5.32 Å². The second-order valence-corrected chi connectivity index (χ2v) is 5.24. The van der Waals surface area contributed by atoms with Crippen molar-refractivity contribution in [2.75, 3.05) is 6.54 Å². The highest BCUT2D eigenvalue weighted by atomic mass is 35.5. The number of aryl methyl sites for hydroxylation is 1. The Morgan fingerprint density at radius 2 is 2.05 bits per heavy atom. The van der Waals surface area contributed by atoms with Gasteiger partial charge in [-0.25, -0.2) is 4.98 Å². The third-order valence-corrected chi connectivity index (χ3v) is 3.10. The van der Waals surface area contributed by atoms with Crippen molar-refractivity contribution in [2.24, 2.45) is 0 Å². The lowest BCUT2D eigenvalue weighted by molar-refractivity contribution is -0.116. The zero-order chi connectivity index (χ0) is 15.1. The molecule has 0 aliphatic heterocycles. The first-order valence-electron chi connectivity index (χ1n) is 6.40. The molecule has 1 amide bonds. The minimum atomic E-state index is -0.163. The Morgan fingerprint density at radius 3 is 2.71 bits per heavy atom. The molecule has 7 heteroatoms. The molecule has 0 spiro atoms. The largest absolute Gasteiger partial charge is 0.353 e. The van der Waals surface area contributed by atoms with Crippen LogP contribution in [0.25, 0.3) is 6.08 Å². The number of hydrogen-bond donors (Lipinski definition) is 2. The van der Waals surface area contributed by atoms with E-state index >= 15 is 0 Å². The summed E-state index contributed by atoms with van der Waals surface area (Å²) in [7, 11) is 0. The van der Waals surface area contributed by atoms with Gasteiger partial charge in [-0.3, -0.25) is 9.89 Å². The lowest BCUT2D eigenvalue weighted by atomic mass is 10.2. The molecule has 110 valence electrons. The third-order valence-electron chi connectivity index (χ3n) is 2.67. The van der Waals surface area contributed by atoms with Crippen molar-refractivity contribution in [1.29, 1.82) is 0 Å². The van der Waals surface area contributed by atoms with Gasteiger partial charge in [0.1, 0.15) is 12.2 Å². The van der Waals surface area contributed by atoms with Crippen LogP contribution in [0.4, 0.5) is 0 Å². The van der Waals surface area contributed by atoms with Crippen LogP contribution in [0.5, 0.6) is 0 Å². The predicted molar refractivity (Wildman–Crippen MR) is 83.2 cm³/mol. The monoisotopic (exact) mass is 324 g/mol. The molecule has 0 unspecified atom stereocenters. The van der Waals surface area contributed by atoms with Crippen LogP contribution in [0.15, 0.2) is 30.6 Å². The maximum absolute atomic E-state index is 11.6. The number of benzene rings is 1. The maximum Gasteiger partial charge on any atom is 0.243 e. The van der Waals surface area contributed by atoms with Crippen molar-refractivity contribution < 1.29 is 4.79 Å². The molecule has 1 aromatic heterocycles. The van der Waals surface area contributed by atoms with Crippen molar-refractivity contribution in [1.82, 2.24) is 20.5 Å². The zero-order valence-corrected chi connectivity index (χ0v) is 12.7. The van der Waals surface area contributed by atoms with E-state index in [1.807, 2.05) is 0 Å². The Morgan fingerprint density at radius 1 is 1.29 bits per heavy atom. The molecule has 0 atom stereocenters. The molecule has 21 heavy (non-hydrogen) atoms. The van der Waals surface area contributed by atoms with Crippen LogP contribution in [0.3, 0.4) is 0 Å². The number of rotatable bonds is 6. The van der Waals surface area contributed by atoms with E-state index in [0.717, 1.165) is 24.2 Å². The Bertz CT molecular complexity index is 606. The number of halogens is 2. The van der Waals surface area contributed by atoms with Crippen LogP contribution in [0.1, 0.15) is 17.8 Å². The molecule has 1 heterocycles. The van der Waals surface area contributed by atoms with Crippen molar-refractivity contribution in [3.63, 3.8) is 0 Å². The molecule has 0 aliphatic carbocycles. The van der Waals surface area contributed by atoms with Crippen LogP contribution in [0, 0.1) is 0 Å². The maximum atomic E-state index is 11.6. The molecule has 1 aromatic carbocycles. The van der Waals surface area contributed by atoms with Crippen LogP contribution in [-0.4, -0.2) is 27.6 Å². The summed E-state index contributed by atoms with van der Waals surface area (Å²) in [6.45, 7) is 0.570. The van der Waals surface area contributed by atoms with Gasteiger partial charge in [-0.2, -0.15) is 5.10 Å². The molecule has 5 nitrogen and oxygen atoms in total. The van der Waals surface area contributed by atoms with Crippen LogP contribution >= 0.6 is 23.2 Å². The first-order chi connectivity index (χ1) is 10.1. The molecular weight excluding hydrogens is 311 g/mol. The van der Waals surface area contributed by atoms with Crippen molar-refractivity contribution >= 4 is 35.2 Å². The molecule has 0 saturated carbocycles. The fourth-order valence-corrected chi connectivity index (χ4v) is 2.26. The van der Waals surface area contributed by atoms with Gasteiger partial charge in [-0.15, -0.1) is 0 Å². The molecule has 2 aromatic rings. The highest BCUT2D eigenvalue weighted by molar-refractivity contribution is 6.34. The minimum absolute atomic E-state index is 0.163. The smallest absolute Gasteiger partial charge is 0.243 e. The quantitative estimate of drug-likeness (QED) is 0.634. The second-order valence-electron chi connectivity index (χ2n) is 4.36. The Hall–Kier alpha value is -1.85. The topological polar surface area (TPSA) is 70.7 Å². The van der Waals surface area contributed by atoms with E-state index in [4.69, 9.17) is 23.2 Å². The number of carbonyl (C=O) groups excluding carboxylic acids is 1. The van der Waals surface area contributed by atoms with Gasteiger partial charge in [0.15, 0.2) is 0 Å². The van der Waals surface area contributed by atoms with Crippen LogP contribution in [-0.2, 0) is 11.2 Å². The van der Waals surface area contributed by atoms with E-state index in [9.17, 15) is 4.79 Å². The van der Waals surface area contributed by atoms with E-state index < -0.39 is 0 Å². The first kappa shape index (κ1) is 15.5. The number of carbonyl (C=O) groups is 1. The minimum Gasteiger partial charge on any atom is -0.353 e. The summed E-state index contributed by atoms with van der Waals surface area (Å²) in [6.07, 6.45) is 6.12. The molecular formula is C14H14Cl2N4O. The Labute approximate surface area is 132 Å². The summed E-state index contributed by atoms with van der Waals surface area (Å²) in [5.74, 6) is 0.650. The van der Waals surface area contributed by atoms with Gasteiger partial charge in [0.2, 0.25) is 5.91 Å². The Kier molecular flexibility index (Phi) is 5.78. The predicted octanol–water partition coefficient (Wildman–Crippen LogP) is 2.87. The van der Waals surface area contributed by atoms with E-state index in [1.165, 1.54) is 12.4 Å². The molecule has 0 bridgehead atoms. The fraction of sp³-hybridized carbons (Fsp3) is 0.214. The van der Waals surface area contributed by atoms with Gasteiger partial charge in [0.05, 0.1) is 0 Å². The number of hydrogen-bond acceptors (Lipinski definition) is 3. The Balaban J connectivity index is 1.74. The fourth-order valence-electron chi connectivity index (χ4n) is 1.72. The van der Waals surface area contributed by atoms with E-state index in [2.05, 4.69) is 20.5 Å². The second kappa shape index (κ2) is 7.81. The first-order valence-corrected chi connectivity index (χ1v) is 7.15. The van der Waals surface area contributed by atoms with Crippen molar-refractivity contribution in [3.8, 4) is 0 Å². The van der Waals surface area contributed by atoms with Gasteiger partial charge in [-0.1, -0.05) is 23.2 Å². The van der Waals surface area contributed by atoms with Crippen molar-refractivity contribution in [3.05, 3.63) is 52.0 Å². The summed E-state index contributed by atoms with van der Waals surface area (Å²) in [5, 5.41) is 10.4. The summed E-state index contributed by atoms with van der Waals surface area (Å²) < 4.78 is 0. The number of nitrogens with zero attached hydrogens (tertiary/aromatic N) is 2. The standard InChI is InChI=1S/C14H14Cl2N4O/c15-11-6-10(7-12(16)8-11)3-4-14(21)17-5-1-2-13-18-9-19-20-13/h3-4,6-9H,1-2,5H2,(H,17,21)(H,18,19,20). The van der Waals surface area contributed by atoms with Gasteiger partial charge in [0, 0.05) is 29.1 Å². The lowest BCUT2D eigenvalue weighted by Gasteiger charge is -2.01. The lowest BCUT2D eigenvalue weighted by Crippen LogP contribution is -2.22. The molecule has 2 rings (SSSR count). The average Bonchev–Trinajstić information content (AvgIpc) is 2.93. The number of amides is 1. The van der Waals surface area contributed by atoms with E-state index in [0.29, 0.717) is 16.6 Å². The molecule has 0 radical (unpaired) electrons. The van der Waals surface area contributed by atoms with E-state index in [1.54, 1.807) is 24.3 Å². The summed E-state index contributed by atoms with van der Waals surface area (Å²) in [6, 6.07) is 5.12. The van der Waals surface area contributed by atoms with Crippen LogP contribution < -0.4 is 5.32 Å². The van der Waals surface area contributed by atoms with E-state index in [-0.39, 0.29) is 5.91 Å². The summed E-state index contributed by atoms with van der Waals surface area (Å²) in [5.41, 5.74) is 0.782. The van der Waals surface area contributed by atoms with Crippen LogP contribution in [0.2, 0.25) is 10.0 Å². The van der Waals surface area contributed by atoms with Gasteiger partial charge in [0.25, 0.3) is 0 Å². The summed E-state index contributed by atoms with van der Waals surface area (Å²) >= 11 is 11.8. The van der Waals surface area contributed by atoms with Gasteiger partial charge >= 0.3 is 0 Å². The van der Waals surface area contributed by atoms with Crippen molar-refractivity contribution in [2.45, 2.75) is 12.8 Å². The highest BCUT2D eigenvalue weighted by Crippen LogP contribution is 2.19. The zero-order valence-electron chi connectivity index (χ0n) is 11.1.